The minimum absolute atomic E-state index is 0.125. The van der Waals surface area contributed by atoms with E-state index in [0.29, 0.717) is 31.2 Å². The Bertz CT molecular complexity index is 1030. The van der Waals surface area contributed by atoms with Crippen molar-refractivity contribution in [1.82, 2.24) is 0 Å². The third kappa shape index (κ3) is 9.33. The molecule has 0 amide bonds. The Morgan fingerprint density at radius 1 is 1.18 bits per heavy atom. The molecule has 1 heterocycles. The van der Waals surface area contributed by atoms with Crippen LogP contribution in [-0.2, 0) is 11.2 Å². The summed E-state index contributed by atoms with van der Waals surface area (Å²) in [6.07, 6.45) is 9.45. The summed E-state index contributed by atoms with van der Waals surface area (Å²) in [6.45, 7) is 1.75. The Morgan fingerprint density at radius 2 is 1.95 bits per heavy atom. The average molecular weight is 563 g/mol. The molecule has 1 aliphatic rings. The zero-order chi connectivity index (χ0) is 27.5. The fourth-order valence-electron chi connectivity index (χ4n) is 4.81. The van der Waals surface area contributed by atoms with E-state index in [1.807, 2.05) is 37.3 Å². The third-order valence-electron chi connectivity index (χ3n) is 7.02. The first-order chi connectivity index (χ1) is 18.3. The summed E-state index contributed by atoms with van der Waals surface area (Å²) < 4.78 is 5.40. The lowest BCUT2D eigenvalue weighted by atomic mass is 9.89. The van der Waals surface area contributed by atoms with E-state index in [1.165, 1.54) is 0 Å². The summed E-state index contributed by atoms with van der Waals surface area (Å²) in [7, 11) is 0. The molecule has 6 nitrogen and oxygen atoms in total. The van der Waals surface area contributed by atoms with E-state index in [-0.39, 0.29) is 18.4 Å². The van der Waals surface area contributed by atoms with Crippen molar-refractivity contribution in [3.63, 3.8) is 0 Å². The third-order valence-corrected chi connectivity index (χ3v) is 8.64. The van der Waals surface area contributed by atoms with Crippen LogP contribution < -0.4 is 0 Å². The maximum absolute atomic E-state index is 12.2. The summed E-state index contributed by atoms with van der Waals surface area (Å²) in [5, 5.41) is 41.7. The number of allylic oxidation sites excluding steroid dienone is 2. The molecule has 1 aliphatic carbocycles. The molecule has 0 radical (unpaired) electrons. The quantitative estimate of drug-likeness (QED) is 0.142. The lowest BCUT2D eigenvalue weighted by Gasteiger charge is -2.19. The largest absolute Gasteiger partial charge is 0.456 e. The fourth-order valence-corrected chi connectivity index (χ4v) is 6.06. The number of hydrogen-bond donors (Lipinski definition) is 4. The van der Waals surface area contributed by atoms with Gasteiger partial charge in [0, 0.05) is 22.1 Å². The fraction of sp³-hybridized carbons (Fsp3) is 0.500. The van der Waals surface area contributed by atoms with E-state index in [9.17, 15) is 25.2 Å². The van der Waals surface area contributed by atoms with Crippen molar-refractivity contribution < 1.29 is 30.0 Å². The molecule has 6 atom stereocenters. The van der Waals surface area contributed by atoms with Gasteiger partial charge in [0.15, 0.2) is 0 Å². The zero-order valence-corrected chi connectivity index (χ0v) is 23.4. The molecule has 8 heteroatoms. The Hall–Kier alpha value is -2.00. The van der Waals surface area contributed by atoms with E-state index < -0.39 is 30.4 Å². The van der Waals surface area contributed by atoms with Crippen molar-refractivity contribution in [3.8, 4) is 0 Å². The molecule has 38 heavy (non-hydrogen) atoms. The summed E-state index contributed by atoms with van der Waals surface area (Å²) in [4.78, 5) is 14.4. The highest BCUT2D eigenvalue weighted by atomic mass is 35.5. The van der Waals surface area contributed by atoms with Gasteiger partial charge >= 0.3 is 5.97 Å². The van der Waals surface area contributed by atoms with Crippen LogP contribution in [0.1, 0.15) is 58.6 Å². The normalized spacial score (nSPS) is 23.3. The molecular weight excluding hydrogens is 524 g/mol. The molecule has 208 valence electrons. The van der Waals surface area contributed by atoms with Crippen LogP contribution in [0.3, 0.4) is 0 Å². The molecule has 4 N–H and O–H groups in total. The number of thiophene rings is 1. The lowest BCUT2D eigenvalue weighted by Crippen LogP contribution is -2.22. The molecule has 0 saturated heterocycles. The second-order valence-electron chi connectivity index (χ2n) is 9.93. The number of benzene rings is 1. The predicted octanol–water partition coefficient (Wildman–Crippen LogP) is 5.25. The molecule has 0 spiro atoms. The summed E-state index contributed by atoms with van der Waals surface area (Å²) in [6, 6.07) is 10.7. The first kappa shape index (κ1) is 30.5. The van der Waals surface area contributed by atoms with Crippen molar-refractivity contribution in [1.29, 1.82) is 0 Å². The molecule has 0 bridgehead atoms. The summed E-state index contributed by atoms with van der Waals surface area (Å²) in [5.74, 6) is -0.788. The number of carbonyl (C=O) groups is 1. The Morgan fingerprint density at radius 3 is 2.63 bits per heavy atom. The highest BCUT2D eigenvalue weighted by Crippen LogP contribution is 2.36. The standard InChI is InChI=1S/C30H39ClO6S/c1-20-27(31)17-24(38-20)15-13-22(33)14-16-26-25(28(34)18-29(26)35)12-8-3-2-7-11-23(19-32)37-30(36)21-9-5-4-6-10-21/h3-6,8-10,14,16-17,22-23,25-26,28-29,32-35H,2,7,11-13,15,18-19H2,1H3/b8-3-,16-14+/t22-,23?,25+,26+,28-,29+/m0/s1. The number of halogens is 1. The van der Waals surface area contributed by atoms with Gasteiger partial charge < -0.3 is 25.2 Å². The van der Waals surface area contributed by atoms with Gasteiger partial charge in [-0.1, -0.05) is 54.1 Å². The first-order valence-corrected chi connectivity index (χ1v) is 14.5. The maximum Gasteiger partial charge on any atom is 0.338 e. The molecule has 1 aromatic heterocycles. The van der Waals surface area contributed by atoms with Gasteiger partial charge in [0.05, 0.1) is 35.5 Å². The predicted molar refractivity (Wildman–Crippen MR) is 151 cm³/mol. The first-order valence-electron chi connectivity index (χ1n) is 13.3. The van der Waals surface area contributed by atoms with Crippen LogP contribution in [0.15, 0.2) is 60.7 Å². The van der Waals surface area contributed by atoms with Gasteiger partial charge in [-0.25, -0.2) is 4.79 Å². The number of esters is 1. The zero-order valence-electron chi connectivity index (χ0n) is 21.8. The highest BCUT2D eigenvalue weighted by molar-refractivity contribution is 7.12. The van der Waals surface area contributed by atoms with Crippen molar-refractivity contribution >= 4 is 28.9 Å². The summed E-state index contributed by atoms with van der Waals surface area (Å²) >= 11 is 7.75. The van der Waals surface area contributed by atoms with E-state index >= 15 is 0 Å². The topological polar surface area (TPSA) is 107 Å². The minimum Gasteiger partial charge on any atom is -0.456 e. The lowest BCUT2D eigenvalue weighted by molar-refractivity contribution is 0.0110. The molecule has 0 aliphatic heterocycles. The number of carbonyl (C=O) groups excluding carboxylic acids is 1. The monoisotopic (exact) mass is 562 g/mol. The van der Waals surface area contributed by atoms with Crippen molar-refractivity contribution in [3.05, 3.63) is 81.0 Å². The average Bonchev–Trinajstić information content (AvgIpc) is 3.38. The second kappa shape index (κ2) is 15.6. The van der Waals surface area contributed by atoms with Gasteiger partial charge in [-0.2, -0.15) is 0 Å². The molecule has 1 fully saturated rings. The van der Waals surface area contributed by atoms with E-state index in [4.69, 9.17) is 16.3 Å². The van der Waals surface area contributed by atoms with E-state index in [1.54, 1.807) is 41.7 Å². The number of ether oxygens (including phenoxy) is 1. The van der Waals surface area contributed by atoms with E-state index in [0.717, 1.165) is 34.0 Å². The van der Waals surface area contributed by atoms with Crippen LogP contribution in [0, 0.1) is 18.8 Å². The molecule has 1 saturated carbocycles. The van der Waals surface area contributed by atoms with Gasteiger partial charge in [0.2, 0.25) is 0 Å². The number of unbranched alkanes of at least 4 members (excludes halogenated alkanes) is 1. The van der Waals surface area contributed by atoms with Crippen molar-refractivity contribution in [2.24, 2.45) is 11.8 Å². The van der Waals surface area contributed by atoms with Crippen LogP contribution in [0.2, 0.25) is 5.02 Å². The number of aliphatic hydroxyl groups is 4. The number of hydrogen-bond acceptors (Lipinski definition) is 7. The number of aryl methyl sites for hydroxylation is 2. The SMILES string of the molecule is Cc1sc(CC[C@H](O)/C=C/[C@@H]2[C@@H](C/C=C\CCCC(CO)OC(=O)c3ccccc3)[C@@H](O)C[C@H]2O)cc1Cl. The van der Waals surface area contributed by atoms with Gasteiger partial charge in [-0.3, -0.25) is 0 Å². The van der Waals surface area contributed by atoms with Crippen LogP contribution in [0.5, 0.6) is 0 Å². The number of aliphatic hydroxyl groups excluding tert-OH is 4. The van der Waals surface area contributed by atoms with E-state index in [2.05, 4.69) is 0 Å². The van der Waals surface area contributed by atoms with Crippen LogP contribution >= 0.6 is 22.9 Å². The minimum atomic E-state index is -0.643. The smallest absolute Gasteiger partial charge is 0.338 e. The van der Waals surface area contributed by atoms with Crippen LogP contribution in [0.25, 0.3) is 0 Å². The second-order valence-corrected chi connectivity index (χ2v) is 11.7. The summed E-state index contributed by atoms with van der Waals surface area (Å²) in [5.41, 5.74) is 0.460. The molecule has 2 aromatic rings. The number of rotatable bonds is 14. The van der Waals surface area contributed by atoms with Gasteiger partial charge in [-0.05, 0) is 69.6 Å². The maximum atomic E-state index is 12.2. The van der Waals surface area contributed by atoms with Gasteiger partial charge in [0.1, 0.15) is 6.10 Å². The van der Waals surface area contributed by atoms with Crippen molar-refractivity contribution in [2.45, 2.75) is 76.3 Å². The Labute approximate surface area is 234 Å². The molecule has 3 rings (SSSR count). The molecule has 1 aromatic carbocycles. The molecular formula is C30H39ClO6S. The van der Waals surface area contributed by atoms with Crippen LogP contribution in [-0.4, -0.2) is 57.4 Å². The molecule has 1 unspecified atom stereocenters. The van der Waals surface area contributed by atoms with Crippen LogP contribution in [0.4, 0.5) is 0 Å². The van der Waals surface area contributed by atoms with Gasteiger partial charge in [-0.15, -0.1) is 11.3 Å². The van der Waals surface area contributed by atoms with Gasteiger partial charge in [0.25, 0.3) is 0 Å². The Balaban J connectivity index is 1.41. The Kier molecular flexibility index (Phi) is 12.5. The van der Waals surface area contributed by atoms with Crippen molar-refractivity contribution in [2.75, 3.05) is 6.61 Å². The highest BCUT2D eigenvalue weighted by Gasteiger charge is 2.39.